The lowest BCUT2D eigenvalue weighted by Gasteiger charge is -2.20. The van der Waals surface area contributed by atoms with E-state index in [1.165, 1.54) is 0 Å². The number of benzene rings is 1. The van der Waals surface area contributed by atoms with Crippen LogP contribution in [0.2, 0.25) is 0 Å². The van der Waals surface area contributed by atoms with Crippen LogP contribution in [0, 0.1) is 13.8 Å². The molecule has 2 nitrogen and oxygen atoms in total. The molecule has 2 atom stereocenters. The van der Waals surface area contributed by atoms with E-state index in [4.69, 9.17) is 11.6 Å². The van der Waals surface area contributed by atoms with Crippen LogP contribution in [0.25, 0.3) is 0 Å². The van der Waals surface area contributed by atoms with Crippen LogP contribution < -0.4 is 0 Å². The SMILES string of the molecule is Cc1cccc(C(O)C(O)CCCl)c1C. The smallest absolute Gasteiger partial charge is 0.105 e. The standard InChI is InChI=1S/C12H17ClO2/c1-8-4-3-5-10(9(8)2)12(15)11(14)6-7-13/h3-5,11-12,14-15H,6-7H2,1-2H3. The van der Waals surface area contributed by atoms with Crippen LogP contribution >= 0.6 is 11.6 Å². The summed E-state index contributed by atoms with van der Waals surface area (Å²) in [5.41, 5.74) is 2.93. The Morgan fingerprint density at radius 1 is 1.27 bits per heavy atom. The van der Waals surface area contributed by atoms with Crippen molar-refractivity contribution in [2.45, 2.75) is 32.5 Å². The summed E-state index contributed by atoms with van der Waals surface area (Å²) >= 11 is 5.53. The van der Waals surface area contributed by atoms with E-state index in [1.54, 1.807) is 0 Å². The van der Waals surface area contributed by atoms with Gasteiger partial charge in [-0.3, -0.25) is 0 Å². The lowest BCUT2D eigenvalue weighted by molar-refractivity contribution is 0.0166. The Morgan fingerprint density at radius 3 is 2.53 bits per heavy atom. The molecule has 0 aliphatic rings. The summed E-state index contributed by atoms with van der Waals surface area (Å²) in [6, 6.07) is 5.71. The molecule has 0 heterocycles. The van der Waals surface area contributed by atoms with Gasteiger partial charge in [-0.2, -0.15) is 0 Å². The Bertz CT molecular complexity index is 325. The minimum atomic E-state index is -0.844. The molecular formula is C12H17ClO2. The lowest BCUT2D eigenvalue weighted by Crippen LogP contribution is -2.19. The molecule has 0 saturated carbocycles. The number of aliphatic hydroxyl groups is 2. The molecule has 0 amide bonds. The minimum absolute atomic E-state index is 0.350. The van der Waals surface area contributed by atoms with Gasteiger partial charge in [0, 0.05) is 5.88 Å². The third-order valence-corrected chi connectivity index (χ3v) is 2.95. The summed E-state index contributed by atoms with van der Waals surface area (Å²) < 4.78 is 0. The van der Waals surface area contributed by atoms with Crippen LogP contribution in [0.3, 0.4) is 0 Å². The number of alkyl halides is 1. The van der Waals surface area contributed by atoms with E-state index >= 15 is 0 Å². The molecule has 0 aliphatic heterocycles. The molecular weight excluding hydrogens is 212 g/mol. The Balaban J connectivity index is 2.90. The molecule has 2 unspecified atom stereocenters. The monoisotopic (exact) mass is 228 g/mol. The number of hydrogen-bond acceptors (Lipinski definition) is 2. The van der Waals surface area contributed by atoms with E-state index in [-0.39, 0.29) is 0 Å². The summed E-state index contributed by atoms with van der Waals surface area (Å²) in [5, 5.41) is 19.6. The fraction of sp³-hybridized carbons (Fsp3) is 0.500. The van der Waals surface area contributed by atoms with Crippen LogP contribution in [0.1, 0.15) is 29.2 Å². The number of aryl methyl sites for hydroxylation is 1. The molecule has 0 fully saturated rings. The van der Waals surface area contributed by atoms with E-state index in [2.05, 4.69) is 0 Å². The van der Waals surface area contributed by atoms with E-state index < -0.39 is 12.2 Å². The normalized spacial score (nSPS) is 15.0. The maximum atomic E-state index is 9.92. The predicted molar refractivity (Wildman–Crippen MR) is 62.2 cm³/mol. The van der Waals surface area contributed by atoms with Crippen molar-refractivity contribution in [2.75, 3.05) is 5.88 Å². The minimum Gasteiger partial charge on any atom is -0.390 e. The molecule has 0 spiro atoms. The second-order valence-corrected chi connectivity index (χ2v) is 4.16. The predicted octanol–water partition coefficient (Wildman–Crippen LogP) is 2.33. The van der Waals surface area contributed by atoms with Crippen molar-refractivity contribution < 1.29 is 10.2 Å². The molecule has 1 aromatic rings. The van der Waals surface area contributed by atoms with Gasteiger partial charge < -0.3 is 10.2 Å². The highest BCUT2D eigenvalue weighted by Gasteiger charge is 2.19. The number of hydrogen-bond donors (Lipinski definition) is 2. The van der Waals surface area contributed by atoms with Crippen LogP contribution in [-0.4, -0.2) is 22.2 Å². The van der Waals surface area contributed by atoms with Crippen molar-refractivity contribution in [1.82, 2.24) is 0 Å². The van der Waals surface area contributed by atoms with Gasteiger partial charge in [-0.05, 0) is 37.0 Å². The number of halogens is 1. The fourth-order valence-corrected chi connectivity index (χ4v) is 1.79. The van der Waals surface area contributed by atoms with Gasteiger partial charge in [-0.25, -0.2) is 0 Å². The van der Waals surface area contributed by atoms with Crippen molar-refractivity contribution in [3.05, 3.63) is 34.9 Å². The van der Waals surface area contributed by atoms with Gasteiger partial charge in [0.15, 0.2) is 0 Å². The zero-order valence-corrected chi connectivity index (χ0v) is 9.83. The molecule has 1 aromatic carbocycles. The first-order valence-electron chi connectivity index (χ1n) is 5.06. The highest BCUT2D eigenvalue weighted by molar-refractivity contribution is 6.17. The molecule has 0 aliphatic carbocycles. The van der Waals surface area contributed by atoms with Crippen molar-refractivity contribution in [3.63, 3.8) is 0 Å². The first-order valence-corrected chi connectivity index (χ1v) is 5.59. The Morgan fingerprint density at radius 2 is 1.93 bits per heavy atom. The molecule has 15 heavy (non-hydrogen) atoms. The van der Waals surface area contributed by atoms with Crippen LogP contribution in [-0.2, 0) is 0 Å². The highest BCUT2D eigenvalue weighted by Crippen LogP contribution is 2.24. The Kier molecular flexibility index (Phi) is 4.58. The van der Waals surface area contributed by atoms with Gasteiger partial charge in [0.2, 0.25) is 0 Å². The third kappa shape index (κ3) is 2.94. The first kappa shape index (κ1) is 12.5. The first-order chi connectivity index (χ1) is 7.07. The Labute approximate surface area is 95.5 Å². The van der Waals surface area contributed by atoms with Crippen LogP contribution in [0.4, 0.5) is 0 Å². The van der Waals surface area contributed by atoms with Gasteiger partial charge in [0.25, 0.3) is 0 Å². The average molecular weight is 229 g/mol. The van der Waals surface area contributed by atoms with Gasteiger partial charge in [-0.15, -0.1) is 11.6 Å². The molecule has 3 heteroatoms. The topological polar surface area (TPSA) is 40.5 Å². The molecule has 0 bridgehead atoms. The summed E-state index contributed by atoms with van der Waals surface area (Å²) in [4.78, 5) is 0. The van der Waals surface area contributed by atoms with Gasteiger partial charge in [-0.1, -0.05) is 18.2 Å². The van der Waals surface area contributed by atoms with Crippen LogP contribution in [0.5, 0.6) is 0 Å². The molecule has 0 radical (unpaired) electrons. The van der Waals surface area contributed by atoms with Crippen molar-refractivity contribution in [3.8, 4) is 0 Å². The van der Waals surface area contributed by atoms with E-state index in [0.29, 0.717) is 12.3 Å². The van der Waals surface area contributed by atoms with E-state index in [9.17, 15) is 10.2 Å². The second kappa shape index (κ2) is 5.50. The fourth-order valence-electron chi connectivity index (χ4n) is 1.57. The largest absolute Gasteiger partial charge is 0.390 e. The summed E-state index contributed by atoms with van der Waals surface area (Å²) in [5.74, 6) is 0.350. The van der Waals surface area contributed by atoms with Gasteiger partial charge in [0.1, 0.15) is 6.10 Å². The summed E-state index contributed by atoms with van der Waals surface area (Å²) in [7, 11) is 0. The quantitative estimate of drug-likeness (QED) is 0.777. The molecule has 2 N–H and O–H groups in total. The molecule has 0 saturated heterocycles. The van der Waals surface area contributed by atoms with Crippen molar-refractivity contribution >= 4 is 11.6 Å². The summed E-state index contributed by atoms with van der Waals surface area (Å²) in [6.45, 7) is 3.93. The van der Waals surface area contributed by atoms with E-state index in [0.717, 1.165) is 16.7 Å². The molecule has 1 rings (SSSR count). The summed E-state index contributed by atoms with van der Waals surface area (Å²) in [6.07, 6.45) is -1.23. The van der Waals surface area contributed by atoms with E-state index in [1.807, 2.05) is 32.0 Å². The van der Waals surface area contributed by atoms with Crippen molar-refractivity contribution in [1.29, 1.82) is 0 Å². The average Bonchev–Trinajstić information content (AvgIpc) is 2.21. The van der Waals surface area contributed by atoms with Gasteiger partial charge >= 0.3 is 0 Å². The molecule has 0 aromatic heterocycles. The highest BCUT2D eigenvalue weighted by atomic mass is 35.5. The van der Waals surface area contributed by atoms with Gasteiger partial charge in [0.05, 0.1) is 6.10 Å². The zero-order chi connectivity index (χ0) is 11.4. The number of rotatable bonds is 4. The maximum Gasteiger partial charge on any atom is 0.105 e. The maximum absolute atomic E-state index is 9.92. The second-order valence-electron chi connectivity index (χ2n) is 3.78. The Hall–Kier alpha value is -0.570. The number of aliphatic hydroxyl groups excluding tert-OH is 2. The van der Waals surface area contributed by atoms with Crippen molar-refractivity contribution in [2.24, 2.45) is 0 Å². The van der Waals surface area contributed by atoms with Crippen LogP contribution in [0.15, 0.2) is 18.2 Å². The zero-order valence-electron chi connectivity index (χ0n) is 9.07. The third-order valence-electron chi connectivity index (χ3n) is 2.73. The lowest BCUT2D eigenvalue weighted by atomic mass is 9.95. The molecule has 84 valence electrons.